The van der Waals surface area contributed by atoms with Gasteiger partial charge in [0, 0.05) is 5.56 Å². The van der Waals surface area contributed by atoms with Crippen molar-refractivity contribution in [1.82, 2.24) is 20.2 Å². The van der Waals surface area contributed by atoms with Crippen molar-refractivity contribution in [1.29, 1.82) is 0 Å². The summed E-state index contributed by atoms with van der Waals surface area (Å²) in [5, 5.41) is 15.1. The molecule has 130 valence electrons. The number of rotatable bonds is 6. The van der Waals surface area contributed by atoms with E-state index < -0.39 is 5.91 Å². The van der Waals surface area contributed by atoms with Crippen molar-refractivity contribution in [2.75, 3.05) is 5.32 Å². The zero-order chi connectivity index (χ0) is 17.8. The molecule has 9 heteroatoms. The summed E-state index contributed by atoms with van der Waals surface area (Å²) in [4.78, 5) is 13.7. The van der Waals surface area contributed by atoms with Gasteiger partial charge in [0.1, 0.15) is 5.76 Å². The molecule has 0 aliphatic rings. The molecular formula is C16H15Cl2N5O2. The number of hydrogen-bond donors (Lipinski definition) is 1. The van der Waals surface area contributed by atoms with E-state index in [9.17, 15) is 4.79 Å². The zero-order valence-corrected chi connectivity index (χ0v) is 14.9. The number of furan rings is 1. The first-order valence-electron chi connectivity index (χ1n) is 7.72. The van der Waals surface area contributed by atoms with E-state index in [1.54, 1.807) is 30.3 Å². The normalized spacial score (nSPS) is 10.8. The van der Waals surface area contributed by atoms with Crippen molar-refractivity contribution in [3.63, 3.8) is 0 Å². The molecule has 0 saturated carbocycles. The van der Waals surface area contributed by atoms with Crippen LogP contribution in [0, 0.1) is 0 Å². The number of benzene rings is 1. The number of unbranched alkanes of at least 4 members (excludes halogenated alkanes) is 1. The highest BCUT2D eigenvalue weighted by Crippen LogP contribution is 2.34. The number of aromatic nitrogens is 4. The van der Waals surface area contributed by atoms with Crippen molar-refractivity contribution in [2.24, 2.45) is 0 Å². The predicted octanol–water partition coefficient (Wildman–Crippen LogP) is 4.29. The molecule has 25 heavy (non-hydrogen) atoms. The molecule has 0 bridgehead atoms. The number of halogens is 2. The van der Waals surface area contributed by atoms with Gasteiger partial charge in [-0.15, -0.1) is 5.10 Å². The highest BCUT2D eigenvalue weighted by molar-refractivity contribution is 6.43. The lowest BCUT2D eigenvalue weighted by molar-refractivity contribution is 0.0996. The number of aryl methyl sites for hydroxylation is 1. The van der Waals surface area contributed by atoms with Gasteiger partial charge >= 0.3 is 0 Å². The molecule has 0 fully saturated rings. The summed E-state index contributed by atoms with van der Waals surface area (Å²) in [7, 11) is 0. The molecule has 0 atom stereocenters. The monoisotopic (exact) mass is 379 g/mol. The molecule has 0 unspecified atom stereocenters. The van der Waals surface area contributed by atoms with Gasteiger partial charge in [-0.1, -0.05) is 47.7 Å². The van der Waals surface area contributed by atoms with Gasteiger partial charge in [0.15, 0.2) is 5.76 Å². The predicted molar refractivity (Wildman–Crippen MR) is 94.8 cm³/mol. The first-order chi connectivity index (χ1) is 12.1. The van der Waals surface area contributed by atoms with E-state index >= 15 is 0 Å². The summed E-state index contributed by atoms with van der Waals surface area (Å²) in [5.74, 6) is 0.201. The average molecular weight is 380 g/mol. The quantitative estimate of drug-likeness (QED) is 0.689. The van der Waals surface area contributed by atoms with E-state index in [1.165, 1.54) is 4.80 Å². The van der Waals surface area contributed by atoms with E-state index in [0.717, 1.165) is 12.8 Å². The Balaban J connectivity index is 1.72. The number of hydrogen-bond acceptors (Lipinski definition) is 5. The molecule has 0 saturated heterocycles. The smallest absolute Gasteiger partial charge is 0.293 e. The fraction of sp³-hybridized carbons (Fsp3) is 0.250. The molecule has 1 amide bonds. The van der Waals surface area contributed by atoms with Gasteiger partial charge in [0.05, 0.1) is 16.6 Å². The number of carbonyl (C=O) groups excluding carboxylic acids is 1. The maximum absolute atomic E-state index is 12.3. The summed E-state index contributed by atoms with van der Waals surface area (Å²) in [6.45, 7) is 2.72. The van der Waals surface area contributed by atoms with Crippen LogP contribution in [0.2, 0.25) is 10.0 Å². The number of anilines is 1. The number of carbonyl (C=O) groups is 1. The van der Waals surface area contributed by atoms with Crippen LogP contribution in [0.4, 0.5) is 5.95 Å². The molecule has 2 heterocycles. The van der Waals surface area contributed by atoms with Crippen LogP contribution in [0.5, 0.6) is 0 Å². The molecule has 1 aromatic carbocycles. The maximum Gasteiger partial charge on any atom is 0.293 e. The minimum atomic E-state index is -0.473. The summed E-state index contributed by atoms with van der Waals surface area (Å²) < 4.78 is 5.57. The van der Waals surface area contributed by atoms with Crippen molar-refractivity contribution in [3.05, 3.63) is 46.1 Å². The molecule has 1 N–H and O–H groups in total. The SMILES string of the molecule is CCCCn1nnc(NC(=O)c2ccc(-c3cccc(Cl)c3Cl)o2)n1. The molecule has 0 spiro atoms. The van der Waals surface area contributed by atoms with E-state index in [1.807, 2.05) is 0 Å². The Hall–Kier alpha value is -2.38. The molecule has 0 radical (unpaired) electrons. The number of amides is 1. The van der Waals surface area contributed by atoms with Crippen LogP contribution in [-0.2, 0) is 6.54 Å². The summed E-state index contributed by atoms with van der Waals surface area (Å²) in [6.07, 6.45) is 1.95. The van der Waals surface area contributed by atoms with Crippen molar-refractivity contribution >= 4 is 35.1 Å². The standard InChI is InChI=1S/C16H15Cl2N5O2/c1-2-3-9-23-21-16(20-22-23)19-15(24)13-8-7-12(25-13)10-5-4-6-11(17)14(10)18/h4-8H,2-3,9H2,1H3,(H,19,21,24). The van der Waals surface area contributed by atoms with Crippen LogP contribution in [0.1, 0.15) is 30.3 Å². The molecule has 7 nitrogen and oxygen atoms in total. The Morgan fingerprint density at radius 1 is 1.28 bits per heavy atom. The Kier molecular flexibility index (Phi) is 5.35. The summed E-state index contributed by atoms with van der Waals surface area (Å²) >= 11 is 12.2. The molecule has 0 aliphatic carbocycles. The van der Waals surface area contributed by atoms with E-state index in [2.05, 4.69) is 27.7 Å². The second-order valence-corrected chi connectivity index (χ2v) is 6.07. The lowest BCUT2D eigenvalue weighted by Crippen LogP contribution is -2.12. The highest BCUT2D eigenvalue weighted by Gasteiger charge is 2.16. The van der Waals surface area contributed by atoms with Gasteiger partial charge in [-0.2, -0.15) is 4.80 Å². The molecule has 3 rings (SSSR count). The highest BCUT2D eigenvalue weighted by atomic mass is 35.5. The van der Waals surface area contributed by atoms with Gasteiger partial charge in [0.25, 0.3) is 11.9 Å². The van der Waals surface area contributed by atoms with Crippen LogP contribution in [0.15, 0.2) is 34.7 Å². The number of tetrazole rings is 1. The molecule has 2 aromatic heterocycles. The number of nitrogens with zero attached hydrogens (tertiary/aromatic N) is 4. The first kappa shape index (κ1) is 17.4. The molecule has 0 aliphatic heterocycles. The second-order valence-electron chi connectivity index (χ2n) is 5.28. The van der Waals surface area contributed by atoms with Crippen LogP contribution in [-0.4, -0.2) is 26.1 Å². The van der Waals surface area contributed by atoms with Crippen LogP contribution in [0.3, 0.4) is 0 Å². The van der Waals surface area contributed by atoms with Crippen molar-refractivity contribution < 1.29 is 9.21 Å². The summed E-state index contributed by atoms with van der Waals surface area (Å²) in [6, 6.07) is 8.39. The van der Waals surface area contributed by atoms with Gasteiger partial charge in [0.2, 0.25) is 0 Å². The third-order valence-corrected chi connectivity index (χ3v) is 4.26. The topological polar surface area (TPSA) is 85.8 Å². The largest absolute Gasteiger partial charge is 0.451 e. The third-order valence-electron chi connectivity index (χ3n) is 3.44. The minimum absolute atomic E-state index is 0.107. The van der Waals surface area contributed by atoms with Crippen LogP contribution in [0.25, 0.3) is 11.3 Å². The third kappa shape index (κ3) is 4.00. The lowest BCUT2D eigenvalue weighted by Gasteiger charge is -2.02. The van der Waals surface area contributed by atoms with E-state index in [-0.39, 0.29) is 11.7 Å². The molecule has 3 aromatic rings. The Morgan fingerprint density at radius 2 is 2.12 bits per heavy atom. The van der Waals surface area contributed by atoms with Crippen LogP contribution >= 0.6 is 23.2 Å². The maximum atomic E-state index is 12.3. The van der Waals surface area contributed by atoms with Crippen molar-refractivity contribution in [3.8, 4) is 11.3 Å². The average Bonchev–Trinajstić information content (AvgIpc) is 3.25. The van der Waals surface area contributed by atoms with Gasteiger partial charge in [-0.3, -0.25) is 10.1 Å². The zero-order valence-electron chi connectivity index (χ0n) is 13.4. The Labute approximate surface area is 153 Å². The Bertz CT molecular complexity index is 890. The fourth-order valence-corrected chi connectivity index (χ4v) is 2.54. The van der Waals surface area contributed by atoms with E-state index in [0.29, 0.717) is 27.9 Å². The number of nitrogens with one attached hydrogen (secondary N) is 1. The minimum Gasteiger partial charge on any atom is -0.451 e. The van der Waals surface area contributed by atoms with Gasteiger partial charge in [-0.25, -0.2) is 0 Å². The Morgan fingerprint density at radius 3 is 2.92 bits per heavy atom. The first-order valence-corrected chi connectivity index (χ1v) is 8.47. The summed E-state index contributed by atoms with van der Waals surface area (Å²) in [5.41, 5.74) is 0.608. The van der Waals surface area contributed by atoms with Crippen molar-refractivity contribution in [2.45, 2.75) is 26.3 Å². The molecular weight excluding hydrogens is 365 g/mol. The van der Waals surface area contributed by atoms with Gasteiger partial charge < -0.3 is 4.42 Å². The van der Waals surface area contributed by atoms with Crippen LogP contribution < -0.4 is 5.32 Å². The fourth-order valence-electron chi connectivity index (χ4n) is 2.15. The van der Waals surface area contributed by atoms with E-state index in [4.69, 9.17) is 27.6 Å². The lowest BCUT2D eigenvalue weighted by atomic mass is 10.2. The second kappa shape index (κ2) is 7.67. The van der Waals surface area contributed by atoms with Gasteiger partial charge in [-0.05, 0) is 35.9 Å².